The zero-order valence-electron chi connectivity index (χ0n) is 8.41. The molecule has 0 saturated carbocycles. The van der Waals surface area contributed by atoms with E-state index in [2.05, 4.69) is 10.6 Å². The van der Waals surface area contributed by atoms with Gasteiger partial charge in [0.05, 0.1) is 6.04 Å². The van der Waals surface area contributed by atoms with E-state index in [4.69, 9.17) is 5.11 Å². The topological polar surface area (TPSA) is 78.4 Å². The molecular formula is C9H16N2O3. The molecule has 5 nitrogen and oxygen atoms in total. The summed E-state index contributed by atoms with van der Waals surface area (Å²) in [6.45, 7) is 4.28. The van der Waals surface area contributed by atoms with E-state index in [0.29, 0.717) is 6.54 Å². The number of carbonyl (C=O) groups excluding carboxylic acids is 1. The summed E-state index contributed by atoms with van der Waals surface area (Å²) < 4.78 is 0. The predicted octanol–water partition coefficient (Wildman–Crippen LogP) is -0.426. The number of hydrogen-bond acceptors (Lipinski definition) is 3. The predicted molar refractivity (Wildman–Crippen MR) is 50.8 cm³/mol. The lowest BCUT2D eigenvalue weighted by Gasteiger charge is -2.31. The van der Waals surface area contributed by atoms with Gasteiger partial charge in [0.25, 0.3) is 0 Å². The van der Waals surface area contributed by atoms with E-state index in [0.717, 1.165) is 6.42 Å². The molecule has 5 heteroatoms. The van der Waals surface area contributed by atoms with E-state index in [9.17, 15) is 9.59 Å². The summed E-state index contributed by atoms with van der Waals surface area (Å²) in [6.07, 6.45) is 0.892. The summed E-state index contributed by atoms with van der Waals surface area (Å²) in [6, 6.07) is -1.04. The van der Waals surface area contributed by atoms with Crippen molar-refractivity contribution in [1.29, 1.82) is 0 Å². The van der Waals surface area contributed by atoms with Gasteiger partial charge in [-0.2, -0.15) is 0 Å². The zero-order valence-corrected chi connectivity index (χ0v) is 8.41. The Kier molecular flexibility index (Phi) is 3.46. The van der Waals surface area contributed by atoms with Crippen LogP contribution in [0.4, 0.5) is 0 Å². The van der Waals surface area contributed by atoms with Crippen molar-refractivity contribution in [2.24, 2.45) is 5.92 Å². The second kappa shape index (κ2) is 4.41. The molecular weight excluding hydrogens is 184 g/mol. The Bertz CT molecular complexity index is 242. The van der Waals surface area contributed by atoms with Gasteiger partial charge in [-0.05, 0) is 5.92 Å². The zero-order chi connectivity index (χ0) is 10.7. The Labute approximate surface area is 82.9 Å². The highest BCUT2D eigenvalue weighted by Gasteiger charge is 2.33. The standard InChI is InChI=1S/C9H16N2O3/c1-3-5(2)7-8(12)11-6(4-10-7)9(13)14/h5-7,10H,3-4H2,1-2H3,(H,11,12)(H,13,14). The molecule has 0 aromatic carbocycles. The summed E-state index contributed by atoms with van der Waals surface area (Å²) in [5.41, 5.74) is 0. The fraction of sp³-hybridized carbons (Fsp3) is 0.778. The lowest BCUT2D eigenvalue weighted by Crippen LogP contribution is -2.62. The lowest BCUT2D eigenvalue weighted by molar-refractivity contribution is -0.143. The number of carboxylic acid groups (broad SMARTS) is 1. The largest absolute Gasteiger partial charge is 0.480 e. The summed E-state index contributed by atoms with van der Waals surface area (Å²) in [4.78, 5) is 22.1. The minimum atomic E-state index is -0.992. The van der Waals surface area contributed by atoms with Gasteiger partial charge >= 0.3 is 5.97 Å². The SMILES string of the molecule is CCC(C)C1NCC(C(=O)O)NC1=O. The van der Waals surface area contributed by atoms with E-state index in [1.54, 1.807) is 0 Å². The molecule has 1 aliphatic rings. The van der Waals surface area contributed by atoms with Crippen LogP contribution in [0.3, 0.4) is 0 Å². The summed E-state index contributed by atoms with van der Waals surface area (Å²) in [7, 11) is 0. The number of hydrogen-bond donors (Lipinski definition) is 3. The maximum absolute atomic E-state index is 11.5. The quantitative estimate of drug-likeness (QED) is 0.578. The molecule has 14 heavy (non-hydrogen) atoms. The number of nitrogens with one attached hydrogen (secondary N) is 2. The van der Waals surface area contributed by atoms with Crippen LogP contribution in [-0.2, 0) is 9.59 Å². The molecule has 80 valence electrons. The van der Waals surface area contributed by atoms with Crippen LogP contribution >= 0.6 is 0 Å². The van der Waals surface area contributed by atoms with Gasteiger partial charge in [-0.3, -0.25) is 4.79 Å². The number of amides is 1. The van der Waals surface area contributed by atoms with Gasteiger partial charge in [0.1, 0.15) is 6.04 Å². The van der Waals surface area contributed by atoms with Crippen molar-refractivity contribution in [3.05, 3.63) is 0 Å². The Morgan fingerprint density at radius 1 is 1.71 bits per heavy atom. The lowest BCUT2D eigenvalue weighted by atomic mass is 9.96. The van der Waals surface area contributed by atoms with E-state index in [1.165, 1.54) is 0 Å². The number of aliphatic carboxylic acids is 1. The van der Waals surface area contributed by atoms with Crippen LogP contribution in [0.1, 0.15) is 20.3 Å². The molecule has 0 aliphatic carbocycles. The van der Waals surface area contributed by atoms with Crippen LogP contribution in [0.2, 0.25) is 0 Å². The maximum atomic E-state index is 11.5. The normalized spacial score (nSPS) is 29.4. The van der Waals surface area contributed by atoms with Gasteiger partial charge < -0.3 is 15.7 Å². The van der Waals surface area contributed by atoms with Gasteiger partial charge in [-0.15, -0.1) is 0 Å². The average molecular weight is 200 g/mol. The Hall–Kier alpha value is -1.10. The van der Waals surface area contributed by atoms with Crippen molar-refractivity contribution >= 4 is 11.9 Å². The molecule has 1 fully saturated rings. The molecule has 3 N–H and O–H groups in total. The average Bonchev–Trinajstić information content (AvgIpc) is 2.16. The third kappa shape index (κ3) is 2.23. The Morgan fingerprint density at radius 3 is 2.79 bits per heavy atom. The van der Waals surface area contributed by atoms with Crippen molar-refractivity contribution in [1.82, 2.24) is 10.6 Å². The highest BCUT2D eigenvalue weighted by molar-refractivity contribution is 5.88. The highest BCUT2D eigenvalue weighted by Crippen LogP contribution is 2.10. The molecule has 1 saturated heterocycles. The minimum absolute atomic E-state index is 0.210. The summed E-state index contributed by atoms with van der Waals surface area (Å²) >= 11 is 0. The van der Waals surface area contributed by atoms with Gasteiger partial charge in [-0.1, -0.05) is 20.3 Å². The van der Waals surface area contributed by atoms with Gasteiger partial charge in [0.2, 0.25) is 5.91 Å². The molecule has 0 aromatic rings. The third-order valence-electron chi connectivity index (χ3n) is 2.65. The van der Waals surface area contributed by atoms with Crippen LogP contribution in [0.15, 0.2) is 0 Å². The fourth-order valence-corrected chi connectivity index (χ4v) is 1.49. The molecule has 3 unspecified atom stereocenters. The number of carboxylic acids is 1. The molecule has 3 atom stereocenters. The van der Waals surface area contributed by atoms with Crippen LogP contribution in [0, 0.1) is 5.92 Å². The molecule has 0 bridgehead atoms. The van der Waals surface area contributed by atoms with Crippen molar-refractivity contribution in [2.75, 3.05) is 6.54 Å². The van der Waals surface area contributed by atoms with Gasteiger partial charge in [-0.25, -0.2) is 4.79 Å². The third-order valence-corrected chi connectivity index (χ3v) is 2.65. The van der Waals surface area contributed by atoms with E-state index < -0.39 is 12.0 Å². The van der Waals surface area contributed by atoms with Crippen molar-refractivity contribution < 1.29 is 14.7 Å². The Morgan fingerprint density at radius 2 is 2.36 bits per heavy atom. The van der Waals surface area contributed by atoms with E-state index in [-0.39, 0.29) is 17.9 Å². The first-order valence-corrected chi connectivity index (χ1v) is 4.82. The van der Waals surface area contributed by atoms with Crippen molar-refractivity contribution in [2.45, 2.75) is 32.4 Å². The maximum Gasteiger partial charge on any atom is 0.327 e. The summed E-state index contributed by atoms with van der Waals surface area (Å²) in [5, 5.41) is 14.1. The Balaban J connectivity index is 2.56. The monoisotopic (exact) mass is 200 g/mol. The molecule has 1 rings (SSSR count). The molecule has 0 radical (unpaired) electrons. The van der Waals surface area contributed by atoms with Crippen LogP contribution in [0.25, 0.3) is 0 Å². The molecule has 1 amide bonds. The second-order valence-electron chi connectivity index (χ2n) is 3.67. The number of rotatable bonds is 3. The van der Waals surface area contributed by atoms with Crippen LogP contribution < -0.4 is 10.6 Å². The molecule has 0 aromatic heterocycles. The molecule has 1 aliphatic heterocycles. The smallest absolute Gasteiger partial charge is 0.327 e. The minimum Gasteiger partial charge on any atom is -0.480 e. The first kappa shape index (κ1) is 11.0. The van der Waals surface area contributed by atoms with Gasteiger partial charge in [0.15, 0.2) is 0 Å². The van der Waals surface area contributed by atoms with Crippen LogP contribution in [0.5, 0.6) is 0 Å². The first-order valence-electron chi connectivity index (χ1n) is 4.82. The van der Waals surface area contributed by atoms with E-state index in [1.807, 2.05) is 13.8 Å². The number of carbonyl (C=O) groups is 2. The molecule has 0 spiro atoms. The summed E-state index contributed by atoms with van der Waals surface area (Å²) in [5.74, 6) is -0.976. The van der Waals surface area contributed by atoms with Crippen molar-refractivity contribution in [3.63, 3.8) is 0 Å². The fourth-order valence-electron chi connectivity index (χ4n) is 1.49. The van der Waals surface area contributed by atoms with E-state index >= 15 is 0 Å². The first-order chi connectivity index (χ1) is 6.56. The molecule has 1 heterocycles. The van der Waals surface area contributed by atoms with Gasteiger partial charge in [0, 0.05) is 6.54 Å². The van der Waals surface area contributed by atoms with Crippen molar-refractivity contribution in [3.8, 4) is 0 Å². The number of piperazine rings is 1. The second-order valence-corrected chi connectivity index (χ2v) is 3.67. The highest BCUT2D eigenvalue weighted by atomic mass is 16.4. The van der Waals surface area contributed by atoms with Crippen LogP contribution in [-0.4, -0.2) is 35.6 Å².